The fourth-order valence-corrected chi connectivity index (χ4v) is 0.729. The molecule has 6 nitrogen and oxygen atoms in total. The highest BCUT2D eigenvalue weighted by atomic mass is 35.5. The lowest BCUT2D eigenvalue weighted by Crippen LogP contribution is -2.20. The van der Waals surface area contributed by atoms with Crippen molar-refractivity contribution in [3.8, 4) is 5.75 Å². The molecule has 0 spiro atoms. The van der Waals surface area contributed by atoms with Crippen molar-refractivity contribution in [1.82, 2.24) is 0 Å². The molecule has 0 aromatic heterocycles. The smallest absolute Gasteiger partial charge is 0.449 e. The van der Waals surface area contributed by atoms with Crippen molar-refractivity contribution < 1.29 is 14.6 Å². The van der Waals surface area contributed by atoms with Gasteiger partial charge in [-0.1, -0.05) is 11.6 Å². The molecule has 0 unspecified atom stereocenters. The topological polar surface area (TPSA) is 122 Å². The lowest BCUT2D eigenvalue weighted by molar-refractivity contribution is 0.144. The van der Waals surface area contributed by atoms with E-state index < -0.39 is 6.16 Å². The summed E-state index contributed by atoms with van der Waals surface area (Å²) in [5.74, 6) is -0.0677. The van der Waals surface area contributed by atoms with E-state index in [-0.39, 0.29) is 11.7 Å². The Morgan fingerprint density at radius 3 is 2.07 bits per heavy atom. The van der Waals surface area contributed by atoms with Gasteiger partial charge in [-0.15, -0.1) is 0 Å². The van der Waals surface area contributed by atoms with Gasteiger partial charge in [0, 0.05) is 5.02 Å². The van der Waals surface area contributed by atoms with Gasteiger partial charge in [-0.2, -0.15) is 0 Å². The van der Waals surface area contributed by atoms with Crippen molar-refractivity contribution in [2.75, 3.05) is 0 Å². The summed E-state index contributed by atoms with van der Waals surface area (Å²) in [5, 5.41) is 14.8. The average Bonchev–Trinajstić information content (AvgIpc) is 2.07. The number of nitrogens with two attached hydrogens (primary N) is 2. The molecule has 0 saturated carbocycles. The summed E-state index contributed by atoms with van der Waals surface area (Å²) in [6, 6.07) is 6.08. The van der Waals surface area contributed by atoms with Gasteiger partial charge in [0.2, 0.25) is 0 Å². The molecule has 0 radical (unpaired) electrons. The molecular weight excluding hydrogens is 222 g/mol. The van der Waals surface area contributed by atoms with E-state index in [1.807, 2.05) is 0 Å². The first-order chi connectivity index (χ1) is 6.91. The number of carbonyl (C=O) groups is 1. The molecule has 0 saturated heterocycles. The number of hydrogen-bond acceptors (Lipinski definition) is 3. The molecule has 0 fully saturated rings. The van der Waals surface area contributed by atoms with Crippen LogP contribution in [0, 0.1) is 5.41 Å². The van der Waals surface area contributed by atoms with E-state index in [9.17, 15) is 4.79 Å². The zero-order chi connectivity index (χ0) is 11.8. The number of halogens is 1. The number of nitrogens with one attached hydrogen (secondary N) is 1. The lowest BCUT2D eigenvalue weighted by atomic mass is 10.3. The van der Waals surface area contributed by atoms with Gasteiger partial charge in [-0.3, -0.25) is 5.41 Å². The molecule has 1 aromatic carbocycles. The van der Waals surface area contributed by atoms with Crippen molar-refractivity contribution in [2.24, 2.45) is 11.5 Å². The molecule has 0 aliphatic carbocycles. The first-order valence-electron chi connectivity index (χ1n) is 3.67. The predicted octanol–water partition coefficient (Wildman–Crippen LogP) is 1.24. The van der Waals surface area contributed by atoms with Crippen LogP contribution < -0.4 is 16.2 Å². The highest BCUT2D eigenvalue weighted by Crippen LogP contribution is 2.15. The van der Waals surface area contributed by atoms with Crippen LogP contribution in [0.2, 0.25) is 5.02 Å². The monoisotopic (exact) mass is 231 g/mol. The van der Waals surface area contributed by atoms with E-state index >= 15 is 0 Å². The Morgan fingerprint density at radius 1 is 1.33 bits per heavy atom. The van der Waals surface area contributed by atoms with Crippen LogP contribution in [0.4, 0.5) is 4.79 Å². The molecule has 15 heavy (non-hydrogen) atoms. The molecule has 6 N–H and O–H groups in total. The second kappa shape index (κ2) is 6.50. The van der Waals surface area contributed by atoms with Gasteiger partial charge in [-0.05, 0) is 24.3 Å². The Morgan fingerprint density at radius 2 is 1.73 bits per heavy atom. The van der Waals surface area contributed by atoms with E-state index in [2.05, 4.69) is 16.2 Å². The number of benzene rings is 1. The molecule has 0 heterocycles. The first-order valence-corrected chi connectivity index (χ1v) is 4.05. The van der Waals surface area contributed by atoms with Gasteiger partial charge in [0.25, 0.3) is 0 Å². The fourth-order valence-electron chi connectivity index (χ4n) is 0.603. The SMILES string of the molecule is N=C(N)N.O=C(O)Oc1ccc(Cl)cc1. The van der Waals surface area contributed by atoms with Crippen molar-refractivity contribution in [1.29, 1.82) is 5.41 Å². The van der Waals surface area contributed by atoms with Crippen LogP contribution in [0.5, 0.6) is 5.75 Å². The van der Waals surface area contributed by atoms with Crippen LogP contribution in [-0.2, 0) is 0 Å². The third-order valence-electron chi connectivity index (χ3n) is 1.02. The van der Waals surface area contributed by atoms with Crippen LogP contribution in [0.3, 0.4) is 0 Å². The van der Waals surface area contributed by atoms with E-state index in [1.165, 1.54) is 12.1 Å². The van der Waals surface area contributed by atoms with Crippen LogP contribution in [-0.4, -0.2) is 17.2 Å². The summed E-state index contributed by atoms with van der Waals surface area (Å²) in [7, 11) is 0. The van der Waals surface area contributed by atoms with Gasteiger partial charge in [-0.25, -0.2) is 4.79 Å². The number of ether oxygens (including phenoxy) is 1. The summed E-state index contributed by atoms with van der Waals surface area (Å²) in [6.07, 6.45) is -1.33. The number of rotatable bonds is 1. The maximum atomic E-state index is 10.00. The van der Waals surface area contributed by atoms with Crippen molar-refractivity contribution >= 4 is 23.7 Å². The number of guanidine groups is 1. The molecule has 0 aliphatic rings. The molecule has 0 atom stereocenters. The first kappa shape index (κ1) is 13.1. The van der Waals surface area contributed by atoms with E-state index in [0.29, 0.717) is 5.02 Å². The summed E-state index contributed by atoms with van der Waals surface area (Å²) in [6.45, 7) is 0. The third kappa shape index (κ3) is 8.38. The maximum Gasteiger partial charge on any atom is 0.511 e. The molecule has 1 rings (SSSR count). The summed E-state index contributed by atoms with van der Waals surface area (Å²) in [5.41, 5.74) is 8.94. The molecule has 0 aliphatic heterocycles. The Bertz CT molecular complexity index is 335. The zero-order valence-corrected chi connectivity index (χ0v) is 8.36. The minimum Gasteiger partial charge on any atom is -0.449 e. The Kier molecular flexibility index (Phi) is 5.65. The van der Waals surface area contributed by atoms with Crippen LogP contribution in [0.1, 0.15) is 0 Å². The van der Waals surface area contributed by atoms with E-state index in [4.69, 9.17) is 22.1 Å². The highest BCUT2D eigenvalue weighted by Gasteiger charge is 1.98. The summed E-state index contributed by atoms with van der Waals surface area (Å²) < 4.78 is 4.33. The second-order valence-electron chi connectivity index (χ2n) is 2.28. The fraction of sp³-hybridized carbons (Fsp3) is 0. The number of hydrogen-bond donors (Lipinski definition) is 4. The van der Waals surface area contributed by atoms with Crippen LogP contribution in [0.15, 0.2) is 24.3 Å². The van der Waals surface area contributed by atoms with Gasteiger partial charge < -0.3 is 21.3 Å². The summed E-state index contributed by atoms with van der Waals surface area (Å²) >= 11 is 5.55. The normalized spacial score (nSPS) is 8.33. The Labute approximate surface area is 90.9 Å². The maximum absolute atomic E-state index is 10.00. The molecule has 0 amide bonds. The quantitative estimate of drug-likeness (QED) is 0.251. The van der Waals surface area contributed by atoms with Gasteiger partial charge in [0.1, 0.15) is 5.75 Å². The van der Waals surface area contributed by atoms with Gasteiger partial charge >= 0.3 is 6.16 Å². The Hall–Kier alpha value is -1.95. The average molecular weight is 232 g/mol. The highest BCUT2D eigenvalue weighted by molar-refractivity contribution is 6.30. The van der Waals surface area contributed by atoms with Crippen molar-refractivity contribution in [3.05, 3.63) is 29.3 Å². The van der Waals surface area contributed by atoms with E-state index in [0.717, 1.165) is 0 Å². The number of carboxylic acid groups (broad SMARTS) is 1. The largest absolute Gasteiger partial charge is 0.511 e. The predicted molar refractivity (Wildman–Crippen MR) is 56.2 cm³/mol. The summed E-state index contributed by atoms with van der Waals surface area (Å²) in [4.78, 5) is 10.00. The molecule has 0 bridgehead atoms. The third-order valence-corrected chi connectivity index (χ3v) is 1.27. The minimum atomic E-state index is -1.33. The second-order valence-corrected chi connectivity index (χ2v) is 2.71. The van der Waals surface area contributed by atoms with Crippen molar-refractivity contribution in [3.63, 3.8) is 0 Å². The molecule has 7 heteroatoms. The molecule has 1 aromatic rings. The van der Waals surface area contributed by atoms with Crippen molar-refractivity contribution in [2.45, 2.75) is 0 Å². The standard InChI is InChI=1S/C7H5ClO3.CH5N3/c8-5-1-3-6(4-2-5)11-7(9)10;2-1(3)4/h1-4H,(H,9,10);(H5,2,3,4). The van der Waals surface area contributed by atoms with Gasteiger partial charge in [0.05, 0.1) is 0 Å². The van der Waals surface area contributed by atoms with E-state index in [1.54, 1.807) is 12.1 Å². The van der Waals surface area contributed by atoms with Gasteiger partial charge in [0.15, 0.2) is 5.96 Å². The van der Waals surface area contributed by atoms with Crippen LogP contribution >= 0.6 is 11.6 Å². The lowest BCUT2D eigenvalue weighted by Gasteiger charge is -1.97. The zero-order valence-electron chi connectivity index (χ0n) is 7.61. The molecular formula is C8H10ClN3O3. The minimum absolute atomic E-state index is 0.266. The molecule has 82 valence electrons. The van der Waals surface area contributed by atoms with Crippen LogP contribution in [0.25, 0.3) is 0 Å². The Balaban J connectivity index is 0.000000423.